The van der Waals surface area contributed by atoms with Gasteiger partial charge in [0.1, 0.15) is 5.82 Å². The summed E-state index contributed by atoms with van der Waals surface area (Å²) in [5.41, 5.74) is 5.75. The number of rotatable bonds is 4. The molecule has 2 aromatic rings. The van der Waals surface area contributed by atoms with Crippen molar-refractivity contribution in [3.05, 3.63) is 36.1 Å². The van der Waals surface area contributed by atoms with E-state index in [4.69, 9.17) is 10.3 Å². The first-order valence-electron chi connectivity index (χ1n) is 6.87. The van der Waals surface area contributed by atoms with Crippen molar-refractivity contribution in [2.24, 2.45) is 17.6 Å². The van der Waals surface area contributed by atoms with Gasteiger partial charge in [0.15, 0.2) is 11.6 Å². The van der Waals surface area contributed by atoms with Gasteiger partial charge in [0.05, 0.1) is 0 Å². The molecule has 0 saturated heterocycles. The quantitative estimate of drug-likeness (QED) is 0.901. The summed E-state index contributed by atoms with van der Waals surface area (Å²) in [6, 6.07) is 7.36. The number of nitrogens with one attached hydrogen (secondary N) is 1. The number of hydrogen-bond acceptors (Lipinski definition) is 4. The van der Waals surface area contributed by atoms with E-state index in [0.29, 0.717) is 24.2 Å². The number of hydrogen-bond donors (Lipinski definition) is 2. The summed E-state index contributed by atoms with van der Waals surface area (Å²) < 4.78 is 18.3. The maximum Gasteiger partial charge on any atom is 0.229 e. The minimum Gasteiger partial charge on any atom is -0.369 e. The lowest BCUT2D eigenvalue weighted by atomic mass is 9.72. The number of aromatic nitrogens is 1. The average molecular weight is 303 g/mol. The third-order valence-corrected chi connectivity index (χ3v) is 3.85. The molecule has 3 rings (SSSR count). The van der Waals surface area contributed by atoms with Crippen LogP contribution >= 0.6 is 0 Å². The number of primary amides is 1. The van der Waals surface area contributed by atoms with Crippen molar-refractivity contribution in [3.8, 4) is 11.3 Å². The third-order valence-electron chi connectivity index (χ3n) is 3.85. The Morgan fingerprint density at radius 3 is 2.68 bits per heavy atom. The van der Waals surface area contributed by atoms with Gasteiger partial charge in [0, 0.05) is 23.5 Å². The Labute approximate surface area is 125 Å². The van der Waals surface area contributed by atoms with Crippen LogP contribution in [0.15, 0.2) is 34.9 Å². The number of nitrogens with zero attached hydrogens (tertiary/aromatic N) is 1. The summed E-state index contributed by atoms with van der Waals surface area (Å²) in [7, 11) is 0. The lowest BCUT2D eigenvalue weighted by Gasteiger charge is -2.32. The Balaban J connectivity index is 1.70. The number of nitrogens with two attached hydrogens (primary N) is 1. The maximum absolute atomic E-state index is 13.2. The number of amides is 2. The first kappa shape index (κ1) is 14.2. The van der Waals surface area contributed by atoms with Gasteiger partial charge in [-0.15, -0.1) is 0 Å². The molecule has 0 spiro atoms. The SMILES string of the molecule is NC(=O)C1CCC1C(=O)Nc1cc(-c2cccc(F)c2)on1. The molecule has 3 N–H and O–H groups in total. The molecule has 1 aromatic heterocycles. The molecule has 2 atom stereocenters. The molecule has 0 radical (unpaired) electrons. The van der Waals surface area contributed by atoms with Crippen LogP contribution in [0.1, 0.15) is 12.8 Å². The van der Waals surface area contributed by atoms with Gasteiger partial charge in [-0.25, -0.2) is 4.39 Å². The fourth-order valence-electron chi connectivity index (χ4n) is 2.49. The van der Waals surface area contributed by atoms with Crippen LogP contribution in [0.3, 0.4) is 0 Å². The molecule has 1 saturated carbocycles. The van der Waals surface area contributed by atoms with E-state index in [9.17, 15) is 14.0 Å². The van der Waals surface area contributed by atoms with Crippen molar-refractivity contribution in [1.29, 1.82) is 0 Å². The number of anilines is 1. The van der Waals surface area contributed by atoms with Gasteiger partial charge in [-0.2, -0.15) is 0 Å². The fraction of sp³-hybridized carbons (Fsp3) is 0.267. The molecule has 1 fully saturated rings. The van der Waals surface area contributed by atoms with E-state index in [1.54, 1.807) is 12.1 Å². The van der Waals surface area contributed by atoms with Gasteiger partial charge in [0.2, 0.25) is 11.8 Å². The van der Waals surface area contributed by atoms with Crippen LogP contribution in [0.25, 0.3) is 11.3 Å². The highest BCUT2D eigenvalue weighted by atomic mass is 19.1. The van der Waals surface area contributed by atoms with Crippen LogP contribution in [-0.2, 0) is 9.59 Å². The fourth-order valence-corrected chi connectivity index (χ4v) is 2.49. The maximum atomic E-state index is 13.2. The first-order valence-corrected chi connectivity index (χ1v) is 6.87. The minimum atomic E-state index is -0.466. The number of halogens is 1. The lowest BCUT2D eigenvalue weighted by molar-refractivity contribution is -0.135. The molecule has 6 nitrogen and oxygen atoms in total. The van der Waals surface area contributed by atoms with Crippen LogP contribution in [-0.4, -0.2) is 17.0 Å². The van der Waals surface area contributed by atoms with E-state index in [1.165, 1.54) is 18.2 Å². The molecular weight excluding hydrogens is 289 g/mol. The van der Waals surface area contributed by atoms with Crippen LogP contribution in [0.4, 0.5) is 10.2 Å². The highest BCUT2D eigenvalue weighted by molar-refractivity contribution is 5.96. The zero-order valence-corrected chi connectivity index (χ0v) is 11.6. The van der Waals surface area contributed by atoms with E-state index in [-0.39, 0.29) is 11.7 Å². The predicted molar refractivity (Wildman–Crippen MR) is 75.9 cm³/mol. The third kappa shape index (κ3) is 2.69. The summed E-state index contributed by atoms with van der Waals surface area (Å²) in [6.45, 7) is 0. The molecule has 2 unspecified atom stereocenters. The molecule has 0 aliphatic heterocycles. The van der Waals surface area contributed by atoms with Crippen molar-refractivity contribution in [3.63, 3.8) is 0 Å². The van der Waals surface area contributed by atoms with Crippen molar-refractivity contribution in [2.45, 2.75) is 12.8 Å². The second kappa shape index (κ2) is 5.59. The van der Waals surface area contributed by atoms with Crippen LogP contribution < -0.4 is 11.1 Å². The summed E-state index contributed by atoms with van der Waals surface area (Å²) in [5.74, 6) is -1.45. The van der Waals surface area contributed by atoms with Gasteiger partial charge >= 0.3 is 0 Å². The number of carbonyl (C=O) groups is 2. The highest BCUT2D eigenvalue weighted by Crippen LogP contribution is 2.35. The summed E-state index contributed by atoms with van der Waals surface area (Å²) in [6.07, 6.45) is 1.24. The topological polar surface area (TPSA) is 98.2 Å². The van der Waals surface area contributed by atoms with Gasteiger partial charge in [0.25, 0.3) is 0 Å². The van der Waals surface area contributed by atoms with Gasteiger partial charge in [-0.05, 0) is 25.0 Å². The average Bonchev–Trinajstić information content (AvgIpc) is 2.85. The number of carbonyl (C=O) groups excluding carboxylic acids is 2. The van der Waals surface area contributed by atoms with Crippen LogP contribution in [0, 0.1) is 17.7 Å². The van der Waals surface area contributed by atoms with Crippen LogP contribution in [0.5, 0.6) is 0 Å². The highest BCUT2D eigenvalue weighted by Gasteiger charge is 2.40. The Morgan fingerprint density at radius 2 is 2.05 bits per heavy atom. The Bertz CT molecular complexity index is 728. The Kier molecular flexibility index (Phi) is 3.62. The minimum absolute atomic E-state index is 0.222. The number of benzene rings is 1. The van der Waals surface area contributed by atoms with E-state index < -0.39 is 23.6 Å². The van der Waals surface area contributed by atoms with E-state index in [2.05, 4.69) is 10.5 Å². The van der Waals surface area contributed by atoms with Crippen molar-refractivity contribution in [1.82, 2.24) is 5.16 Å². The molecule has 1 aromatic carbocycles. The van der Waals surface area contributed by atoms with E-state index >= 15 is 0 Å². The zero-order valence-electron chi connectivity index (χ0n) is 11.6. The Hall–Kier alpha value is -2.70. The van der Waals surface area contributed by atoms with E-state index in [1.807, 2.05) is 0 Å². The van der Waals surface area contributed by atoms with Gasteiger partial charge in [-0.3, -0.25) is 9.59 Å². The molecule has 114 valence electrons. The lowest BCUT2D eigenvalue weighted by Crippen LogP contribution is -2.43. The second-order valence-corrected chi connectivity index (χ2v) is 5.27. The summed E-state index contributed by atoms with van der Waals surface area (Å²) in [4.78, 5) is 23.2. The van der Waals surface area contributed by atoms with Crippen molar-refractivity contribution >= 4 is 17.6 Å². The molecular formula is C15H14FN3O3. The molecule has 0 bridgehead atoms. The monoisotopic (exact) mass is 303 g/mol. The van der Waals surface area contributed by atoms with Gasteiger partial charge < -0.3 is 15.6 Å². The van der Waals surface area contributed by atoms with Crippen molar-refractivity contribution in [2.75, 3.05) is 5.32 Å². The molecule has 1 aliphatic rings. The normalized spacial score (nSPS) is 20.2. The molecule has 22 heavy (non-hydrogen) atoms. The summed E-state index contributed by atoms with van der Waals surface area (Å²) >= 11 is 0. The zero-order chi connectivity index (χ0) is 15.7. The van der Waals surface area contributed by atoms with E-state index in [0.717, 1.165) is 0 Å². The molecule has 7 heteroatoms. The summed E-state index contributed by atoms with van der Waals surface area (Å²) in [5, 5.41) is 6.32. The second-order valence-electron chi connectivity index (χ2n) is 5.27. The van der Waals surface area contributed by atoms with Gasteiger partial charge in [-0.1, -0.05) is 17.3 Å². The Morgan fingerprint density at radius 1 is 1.27 bits per heavy atom. The predicted octanol–water partition coefficient (Wildman–Crippen LogP) is 1.93. The van der Waals surface area contributed by atoms with Crippen molar-refractivity contribution < 1.29 is 18.5 Å². The smallest absolute Gasteiger partial charge is 0.229 e. The molecule has 1 aliphatic carbocycles. The molecule has 1 heterocycles. The molecule has 2 amide bonds. The first-order chi connectivity index (χ1) is 10.5. The largest absolute Gasteiger partial charge is 0.369 e. The van der Waals surface area contributed by atoms with Crippen LogP contribution in [0.2, 0.25) is 0 Å². The standard InChI is InChI=1S/C15H14FN3O3/c16-9-3-1-2-8(6-9)12-7-13(19-22-12)18-15(21)11-5-4-10(11)14(17)20/h1-3,6-7,10-11H,4-5H2,(H2,17,20)(H,18,19,21).